The van der Waals surface area contributed by atoms with Crippen molar-refractivity contribution >= 4 is 22.9 Å². The van der Waals surface area contributed by atoms with Crippen molar-refractivity contribution in [3.8, 4) is 6.07 Å². The molecule has 0 bridgehead atoms. The van der Waals surface area contributed by atoms with Crippen LogP contribution in [-0.4, -0.2) is 42.6 Å². The number of nitriles is 1. The van der Waals surface area contributed by atoms with E-state index < -0.39 is 23.3 Å². The molecule has 31 heavy (non-hydrogen) atoms. The molecule has 1 fully saturated rings. The zero-order valence-electron chi connectivity index (χ0n) is 16.7. The molecule has 0 spiro atoms. The van der Waals surface area contributed by atoms with Gasteiger partial charge in [0.25, 0.3) is 0 Å². The Morgan fingerprint density at radius 2 is 1.81 bits per heavy atom. The first-order chi connectivity index (χ1) is 14.8. The van der Waals surface area contributed by atoms with Crippen molar-refractivity contribution in [3.63, 3.8) is 0 Å². The third-order valence-corrected chi connectivity index (χ3v) is 4.94. The van der Waals surface area contributed by atoms with E-state index in [0.29, 0.717) is 18.8 Å². The van der Waals surface area contributed by atoms with Gasteiger partial charge in [-0.1, -0.05) is 30.3 Å². The predicted octanol–water partition coefficient (Wildman–Crippen LogP) is 3.26. The lowest BCUT2D eigenvalue weighted by atomic mass is 10.1. The number of nitrogens with zero attached hydrogens (tertiary/aromatic N) is 4. The van der Waals surface area contributed by atoms with Crippen molar-refractivity contribution in [3.05, 3.63) is 59.7 Å². The van der Waals surface area contributed by atoms with Crippen LogP contribution in [0.25, 0.3) is 0 Å². The zero-order chi connectivity index (χ0) is 22.4. The van der Waals surface area contributed by atoms with Crippen LogP contribution in [0.2, 0.25) is 0 Å². The summed E-state index contributed by atoms with van der Waals surface area (Å²) in [6.45, 7) is 3.51. The minimum absolute atomic E-state index is 0.312. The minimum atomic E-state index is -4.62. The van der Waals surface area contributed by atoms with E-state index >= 15 is 0 Å². The van der Waals surface area contributed by atoms with Crippen LogP contribution < -0.4 is 16.1 Å². The number of alkyl halides is 3. The molecule has 0 saturated carbocycles. The number of hydrogen-bond acceptors (Lipinski definition) is 6. The molecule has 0 atom stereocenters. The molecule has 162 valence electrons. The Kier molecular flexibility index (Phi) is 6.77. The predicted molar refractivity (Wildman–Crippen MR) is 114 cm³/mol. The normalized spacial score (nSPS) is 15.4. The Morgan fingerprint density at radius 3 is 2.39 bits per heavy atom. The van der Waals surface area contributed by atoms with Gasteiger partial charge in [-0.15, -0.1) is 0 Å². The van der Waals surface area contributed by atoms with Gasteiger partial charge in [0.2, 0.25) is 5.71 Å². The molecule has 3 rings (SSSR count). The molecule has 10 heteroatoms. The number of rotatable bonds is 6. The van der Waals surface area contributed by atoms with E-state index in [0.717, 1.165) is 25.7 Å². The molecular weight excluding hydrogens is 407 g/mol. The Bertz CT molecular complexity index is 988. The molecule has 0 aliphatic carbocycles. The molecular formula is C21H22F3N7. The number of benzene rings is 2. The highest BCUT2D eigenvalue weighted by molar-refractivity contribution is 6.45. The highest BCUT2D eigenvalue weighted by Crippen LogP contribution is 2.37. The van der Waals surface area contributed by atoms with Gasteiger partial charge in [0.05, 0.1) is 11.3 Å². The van der Waals surface area contributed by atoms with E-state index in [1.54, 1.807) is 12.1 Å². The third-order valence-electron chi connectivity index (χ3n) is 4.94. The number of piperazine rings is 1. The largest absolute Gasteiger partial charge is 0.418 e. The van der Waals surface area contributed by atoms with E-state index in [-0.39, 0.29) is 5.69 Å². The average molecular weight is 429 g/mol. The lowest BCUT2D eigenvalue weighted by Gasteiger charge is -2.36. The van der Waals surface area contributed by atoms with Gasteiger partial charge < -0.3 is 10.6 Å². The summed E-state index contributed by atoms with van der Waals surface area (Å²) in [6, 6.07) is 15.5. The Balaban J connectivity index is 1.73. The van der Waals surface area contributed by atoms with Crippen LogP contribution in [0.5, 0.6) is 0 Å². The molecule has 4 N–H and O–H groups in total. The molecule has 0 amide bonds. The molecule has 2 aromatic carbocycles. The zero-order valence-corrected chi connectivity index (χ0v) is 16.7. The molecule has 1 aliphatic rings. The number of hydrazone groups is 1. The Labute approximate surface area is 178 Å². The van der Waals surface area contributed by atoms with Gasteiger partial charge in [-0.05, 0) is 23.8 Å². The number of nitrogens with one attached hydrogen (secondary N) is 2. The second-order valence-corrected chi connectivity index (χ2v) is 7.07. The quantitative estimate of drug-likeness (QED) is 0.371. The van der Waals surface area contributed by atoms with Crippen LogP contribution in [0.15, 0.2) is 53.6 Å². The fourth-order valence-corrected chi connectivity index (χ4v) is 3.33. The van der Waals surface area contributed by atoms with Crippen molar-refractivity contribution in [2.75, 3.05) is 36.5 Å². The van der Waals surface area contributed by atoms with Crippen LogP contribution in [0.4, 0.5) is 24.5 Å². The van der Waals surface area contributed by atoms with E-state index in [9.17, 15) is 13.2 Å². The van der Waals surface area contributed by atoms with E-state index in [1.165, 1.54) is 11.6 Å². The van der Waals surface area contributed by atoms with Crippen molar-refractivity contribution < 1.29 is 13.2 Å². The smallest absolute Gasteiger partial charge is 0.382 e. The first-order valence-electron chi connectivity index (χ1n) is 9.58. The minimum Gasteiger partial charge on any atom is -0.382 e. The van der Waals surface area contributed by atoms with E-state index in [2.05, 4.69) is 27.6 Å². The van der Waals surface area contributed by atoms with E-state index in [1.807, 2.05) is 23.1 Å². The Hall–Kier alpha value is -3.58. The molecule has 0 aromatic heterocycles. The van der Waals surface area contributed by atoms with E-state index in [4.69, 9.17) is 16.4 Å². The number of anilines is 2. The SMILES string of the molecule is N#C/C(=N\Nc1ccc(N2CCN(Cc3ccccc3)CC2)cc1C(F)(F)F)C(=N)N. The highest BCUT2D eigenvalue weighted by atomic mass is 19.4. The topological polar surface area (TPSA) is 105 Å². The number of halogens is 3. The molecule has 1 aliphatic heterocycles. The summed E-state index contributed by atoms with van der Waals surface area (Å²) in [6.07, 6.45) is -4.62. The standard InChI is InChI=1S/C21H22F3N7/c22-21(23,24)17-12-16(6-7-18(17)28-29-19(13-25)20(26)27)31-10-8-30(9-11-31)14-15-4-2-1-3-5-15/h1-7,12,28H,8-11,14H2,(H3,26,27)/b29-19+. The van der Waals surface area contributed by atoms with Crippen LogP contribution in [0.3, 0.4) is 0 Å². The van der Waals surface area contributed by atoms with Crippen molar-refractivity contribution in [2.45, 2.75) is 12.7 Å². The summed E-state index contributed by atoms with van der Waals surface area (Å²) in [5.41, 5.74) is 7.35. The van der Waals surface area contributed by atoms with Gasteiger partial charge >= 0.3 is 6.18 Å². The number of hydrogen-bond donors (Lipinski definition) is 3. The molecule has 2 aromatic rings. The summed E-state index contributed by atoms with van der Waals surface area (Å²) < 4.78 is 40.9. The van der Waals surface area contributed by atoms with Gasteiger partial charge in [0.15, 0.2) is 5.84 Å². The highest BCUT2D eigenvalue weighted by Gasteiger charge is 2.34. The van der Waals surface area contributed by atoms with Crippen LogP contribution in [0.1, 0.15) is 11.1 Å². The average Bonchev–Trinajstić information content (AvgIpc) is 2.75. The molecule has 0 unspecified atom stereocenters. The number of nitrogens with two attached hydrogens (primary N) is 1. The molecule has 1 saturated heterocycles. The summed E-state index contributed by atoms with van der Waals surface area (Å²) >= 11 is 0. The van der Waals surface area contributed by atoms with Crippen LogP contribution in [0, 0.1) is 16.7 Å². The first-order valence-corrected chi connectivity index (χ1v) is 9.58. The van der Waals surface area contributed by atoms with Gasteiger partial charge in [0.1, 0.15) is 6.07 Å². The lowest BCUT2D eigenvalue weighted by Crippen LogP contribution is -2.46. The molecule has 7 nitrogen and oxygen atoms in total. The maximum Gasteiger partial charge on any atom is 0.418 e. The molecule has 0 radical (unpaired) electrons. The maximum absolute atomic E-state index is 13.6. The summed E-state index contributed by atoms with van der Waals surface area (Å²) in [5, 5.41) is 19.6. The van der Waals surface area contributed by atoms with Crippen molar-refractivity contribution in [1.82, 2.24) is 4.90 Å². The van der Waals surface area contributed by atoms with Gasteiger partial charge in [-0.25, -0.2) is 0 Å². The second-order valence-electron chi connectivity index (χ2n) is 7.07. The van der Waals surface area contributed by atoms with Gasteiger partial charge in [-0.2, -0.15) is 23.5 Å². The number of amidine groups is 1. The van der Waals surface area contributed by atoms with Crippen LogP contribution in [-0.2, 0) is 12.7 Å². The first kappa shape index (κ1) is 22.1. The maximum atomic E-state index is 13.6. The summed E-state index contributed by atoms with van der Waals surface area (Å²) in [5.74, 6) is -0.631. The third kappa shape index (κ3) is 5.73. The van der Waals surface area contributed by atoms with Crippen molar-refractivity contribution in [1.29, 1.82) is 10.7 Å². The van der Waals surface area contributed by atoms with Crippen molar-refractivity contribution in [2.24, 2.45) is 10.8 Å². The summed E-state index contributed by atoms with van der Waals surface area (Å²) in [4.78, 5) is 4.19. The lowest BCUT2D eigenvalue weighted by molar-refractivity contribution is -0.136. The summed E-state index contributed by atoms with van der Waals surface area (Å²) in [7, 11) is 0. The Morgan fingerprint density at radius 1 is 1.13 bits per heavy atom. The fourth-order valence-electron chi connectivity index (χ4n) is 3.33. The monoisotopic (exact) mass is 429 g/mol. The van der Waals surface area contributed by atoms with Gasteiger partial charge in [-0.3, -0.25) is 15.7 Å². The fraction of sp³-hybridized carbons (Fsp3) is 0.286. The second kappa shape index (κ2) is 9.49. The van der Waals surface area contributed by atoms with Gasteiger partial charge in [0, 0.05) is 38.4 Å². The van der Waals surface area contributed by atoms with Crippen LogP contribution >= 0.6 is 0 Å². The molecule has 1 heterocycles.